The Bertz CT molecular complexity index is 395. The quantitative estimate of drug-likeness (QED) is 0.862. The summed E-state index contributed by atoms with van der Waals surface area (Å²) in [6.45, 7) is 2.08. The third-order valence-corrected chi connectivity index (χ3v) is 4.89. The van der Waals surface area contributed by atoms with Gasteiger partial charge in [-0.25, -0.2) is 0 Å². The maximum Gasteiger partial charge on any atom is 0.123 e. The van der Waals surface area contributed by atoms with Crippen LogP contribution in [0.25, 0.3) is 0 Å². The van der Waals surface area contributed by atoms with Crippen molar-refractivity contribution >= 4 is 27.7 Å². The first-order chi connectivity index (χ1) is 7.65. The second-order valence-corrected chi connectivity index (χ2v) is 5.96. The Labute approximate surface area is 109 Å². The van der Waals surface area contributed by atoms with Crippen LogP contribution < -0.4 is 4.74 Å². The molecule has 0 radical (unpaired) electrons. The summed E-state index contributed by atoms with van der Waals surface area (Å²) in [4.78, 5) is 0. The lowest BCUT2D eigenvalue weighted by molar-refractivity contribution is 0.128. The highest BCUT2D eigenvalue weighted by molar-refractivity contribution is 9.10. The van der Waals surface area contributed by atoms with Crippen molar-refractivity contribution in [1.29, 1.82) is 0 Å². The van der Waals surface area contributed by atoms with Crippen molar-refractivity contribution in [3.63, 3.8) is 0 Å². The van der Waals surface area contributed by atoms with Gasteiger partial charge in [-0.3, -0.25) is 0 Å². The molecule has 0 aromatic heterocycles. The first-order valence-corrected chi connectivity index (χ1v) is 7.21. The largest absolute Gasteiger partial charge is 0.496 e. The summed E-state index contributed by atoms with van der Waals surface area (Å²) in [7, 11) is 1.68. The molecular formula is C12H15BrO2S. The zero-order valence-corrected chi connectivity index (χ0v) is 11.8. The number of aliphatic hydroxyl groups is 1. The smallest absolute Gasteiger partial charge is 0.123 e. The van der Waals surface area contributed by atoms with Crippen molar-refractivity contribution in [2.24, 2.45) is 5.92 Å². The third-order valence-electron chi connectivity index (χ3n) is 2.94. The number of halogens is 1. The van der Waals surface area contributed by atoms with E-state index >= 15 is 0 Å². The second-order valence-electron chi connectivity index (χ2n) is 4.08. The van der Waals surface area contributed by atoms with E-state index in [2.05, 4.69) is 22.9 Å². The average Bonchev–Trinajstić information content (AvgIpc) is 2.41. The summed E-state index contributed by atoms with van der Waals surface area (Å²) in [5.41, 5.74) is 2.12. The Hall–Kier alpha value is -0.190. The number of hydrogen-bond donors (Lipinski definition) is 1. The third kappa shape index (κ3) is 2.11. The highest BCUT2D eigenvalue weighted by atomic mass is 79.9. The van der Waals surface area contributed by atoms with Crippen LogP contribution in [-0.4, -0.2) is 18.0 Å². The Morgan fingerprint density at radius 3 is 2.94 bits per heavy atom. The van der Waals surface area contributed by atoms with Crippen molar-refractivity contribution < 1.29 is 9.84 Å². The first kappa shape index (κ1) is 12.3. The molecule has 0 saturated carbocycles. The molecule has 1 aromatic rings. The van der Waals surface area contributed by atoms with Crippen LogP contribution in [-0.2, 0) is 5.75 Å². The summed E-state index contributed by atoms with van der Waals surface area (Å²) < 4.78 is 6.34. The van der Waals surface area contributed by atoms with Crippen LogP contribution in [0.1, 0.15) is 24.2 Å². The fourth-order valence-corrected chi connectivity index (χ4v) is 3.78. The molecule has 1 aliphatic rings. The molecule has 2 unspecified atom stereocenters. The Morgan fingerprint density at radius 2 is 2.25 bits per heavy atom. The number of ether oxygens (including phenoxy) is 1. The Balaban J connectivity index is 2.57. The van der Waals surface area contributed by atoms with Crippen molar-refractivity contribution in [2.75, 3.05) is 12.9 Å². The monoisotopic (exact) mass is 302 g/mol. The molecule has 0 spiro atoms. The molecule has 2 atom stereocenters. The van der Waals surface area contributed by atoms with Gasteiger partial charge in [-0.05, 0) is 23.8 Å². The van der Waals surface area contributed by atoms with E-state index in [1.807, 2.05) is 23.9 Å². The highest BCUT2D eigenvalue weighted by Crippen LogP contribution is 2.42. The van der Waals surface area contributed by atoms with E-state index in [9.17, 15) is 5.11 Å². The number of hydrogen-bond acceptors (Lipinski definition) is 3. The number of aliphatic hydroxyl groups excluding tert-OH is 1. The van der Waals surface area contributed by atoms with E-state index in [-0.39, 0.29) is 5.92 Å². The van der Waals surface area contributed by atoms with Gasteiger partial charge in [-0.2, -0.15) is 11.8 Å². The van der Waals surface area contributed by atoms with Gasteiger partial charge in [-0.1, -0.05) is 22.9 Å². The van der Waals surface area contributed by atoms with Gasteiger partial charge < -0.3 is 9.84 Å². The maximum atomic E-state index is 10.3. The summed E-state index contributed by atoms with van der Waals surface area (Å²) in [5, 5.41) is 10.3. The molecule has 4 heteroatoms. The molecule has 0 amide bonds. The molecule has 1 N–H and O–H groups in total. The number of thioether (sulfide) groups is 1. The van der Waals surface area contributed by atoms with Crippen LogP contribution in [0.4, 0.5) is 0 Å². The van der Waals surface area contributed by atoms with Gasteiger partial charge in [0.05, 0.1) is 13.2 Å². The fourth-order valence-electron chi connectivity index (χ4n) is 2.00. The van der Waals surface area contributed by atoms with E-state index in [0.29, 0.717) is 0 Å². The van der Waals surface area contributed by atoms with E-state index in [1.54, 1.807) is 7.11 Å². The number of rotatable bonds is 1. The van der Waals surface area contributed by atoms with Gasteiger partial charge in [-0.15, -0.1) is 0 Å². The minimum Gasteiger partial charge on any atom is -0.496 e. The zero-order chi connectivity index (χ0) is 11.7. The minimum absolute atomic E-state index is 0.273. The van der Waals surface area contributed by atoms with Gasteiger partial charge in [0.2, 0.25) is 0 Å². The molecule has 1 aliphatic heterocycles. The van der Waals surface area contributed by atoms with Gasteiger partial charge in [0, 0.05) is 21.4 Å². The molecule has 0 fully saturated rings. The molecule has 88 valence electrons. The van der Waals surface area contributed by atoms with Crippen LogP contribution in [0.5, 0.6) is 5.75 Å². The summed E-state index contributed by atoms with van der Waals surface area (Å²) in [5.74, 6) is 3.03. The van der Waals surface area contributed by atoms with Gasteiger partial charge in [0.25, 0.3) is 0 Å². The molecule has 0 aliphatic carbocycles. The number of benzene rings is 1. The van der Waals surface area contributed by atoms with Crippen LogP contribution in [0.2, 0.25) is 0 Å². The lowest BCUT2D eigenvalue weighted by atomic mass is 9.95. The Morgan fingerprint density at radius 1 is 1.50 bits per heavy atom. The summed E-state index contributed by atoms with van der Waals surface area (Å²) in [6, 6.07) is 3.90. The average molecular weight is 303 g/mol. The van der Waals surface area contributed by atoms with Crippen molar-refractivity contribution in [3.8, 4) is 5.75 Å². The molecule has 2 rings (SSSR count). The first-order valence-electron chi connectivity index (χ1n) is 5.26. The molecule has 1 heterocycles. The second kappa shape index (κ2) is 4.98. The van der Waals surface area contributed by atoms with E-state index in [1.165, 1.54) is 0 Å². The van der Waals surface area contributed by atoms with Crippen LogP contribution in [0.3, 0.4) is 0 Å². The van der Waals surface area contributed by atoms with Gasteiger partial charge in [0.15, 0.2) is 0 Å². The molecule has 0 saturated heterocycles. The lowest BCUT2D eigenvalue weighted by Crippen LogP contribution is -2.11. The molecule has 2 nitrogen and oxygen atoms in total. The standard InChI is InChI=1S/C12H15BrO2S/c1-7-5-16-6-8-10(15-2)4-3-9(13)11(8)12(7)14/h3-4,7,12,14H,5-6H2,1-2H3. The van der Waals surface area contributed by atoms with Crippen molar-refractivity contribution in [3.05, 3.63) is 27.7 Å². The maximum absolute atomic E-state index is 10.3. The fraction of sp³-hybridized carbons (Fsp3) is 0.500. The van der Waals surface area contributed by atoms with Gasteiger partial charge >= 0.3 is 0 Å². The predicted octanol–water partition coefficient (Wildman–Crippen LogP) is 3.37. The zero-order valence-electron chi connectivity index (χ0n) is 9.37. The van der Waals surface area contributed by atoms with Crippen molar-refractivity contribution in [2.45, 2.75) is 18.8 Å². The van der Waals surface area contributed by atoms with Gasteiger partial charge in [0.1, 0.15) is 5.75 Å². The molecule has 16 heavy (non-hydrogen) atoms. The Kier molecular flexibility index (Phi) is 3.82. The summed E-state index contributed by atoms with van der Waals surface area (Å²) in [6.07, 6.45) is -0.408. The van der Waals surface area contributed by atoms with Crippen LogP contribution in [0, 0.1) is 5.92 Å². The van der Waals surface area contributed by atoms with Crippen LogP contribution in [0.15, 0.2) is 16.6 Å². The number of fused-ring (bicyclic) bond motifs is 1. The molecular weight excluding hydrogens is 288 g/mol. The minimum atomic E-state index is -0.408. The van der Waals surface area contributed by atoms with E-state index in [0.717, 1.165) is 32.9 Å². The van der Waals surface area contributed by atoms with Crippen molar-refractivity contribution in [1.82, 2.24) is 0 Å². The lowest BCUT2D eigenvalue weighted by Gasteiger charge is -2.19. The number of methoxy groups -OCH3 is 1. The molecule has 1 aromatic carbocycles. The SMILES string of the molecule is COc1ccc(Br)c2c1CSCC(C)C2O. The molecule has 0 bridgehead atoms. The van der Waals surface area contributed by atoms with E-state index in [4.69, 9.17) is 4.74 Å². The van der Waals surface area contributed by atoms with E-state index < -0.39 is 6.10 Å². The predicted molar refractivity (Wildman–Crippen MR) is 71.0 cm³/mol. The topological polar surface area (TPSA) is 29.5 Å². The normalized spacial score (nSPS) is 24.8. The highest BCUT2D eigenvalue weighted by Gasteiger charge is 2.27. The van der Waals surface area contributed by atoms with Crippen LogP contribution >= 0.6 is 27.7 Å². The summed E-state index contributed by atoms with van der Waals surface area (Å²) >= 11 is 5.37.